The molecule has 0 spiro atoms. The predicted octanol–water partition coefficient (Wildman–Crippen LogP) is 0.512. The summed E-state index contributed by atoms with van der Waals surface area (Å²) in [6, 6.07) is 0. The Kier molecular flexibility index (Phi) is 5.85. The molecule has 0 aromatic heterocycles. The average molecular weight is 289 g/mol. The van der Waals surface area contributed by atoms with Gasteiger partial charge in [-0.05, 0) is 5.17 Å². The normalized spacial score (nSPS) is 22.6. The van der Waals surface area contributed by atoms with Crippen molar-refractivity contribution in [3.8, 4) is 0 Å². The van der Waals surface area contributed by atoms with Gasteiger partial charge in [-0.3, -0.25) is 14.5 Å². The predicted molar refractivity (Wildman–Crippen MR) is 51.5 cm³/mol. The van der Waals surface area contributed by atoms with Gasteiger partial charge in [-0.2, -0.15) is 0 Å². The van der Waals surface area contributed by atoms with Crippen LogP contribution in [-0.4, -0.2) is 41.2 Å². The first kappa shape index (κ1) is 14.1. The third-order valence-corrected chi connectivity index (χ3v) is 2.86. The zero-order chi connectivity index (χ0) is 10.0. The zero-order valence-corrected chi connectivity index (χ0v) is 11.6. The molecule has 1 N–H and O–H groups in total. The summed E-state index contributed by atoms with van der Waals surface area (Å²) >= 11 is 1.03. The summed E-state index contributed by atoms with van der Waals surface area (Å²) in [5, 5.41) is -0.366. The Bertz CT molecular complexity index is 282. The Balaban J connectivity index is 0.00000169. The van der Waals surface area contributed by atoms with Crippen LogP contribution in [0.25, 0.3) is 5.73 Å². The second-order valence-corrected chi connectivity index (χ2v) is 3.82. The molecule has 1 aliphatic rings. The molecular weight excluding hydrogens is 279 g/mol. The standard InChI is InChI=1S/C7H10N3O2S.Y/c1-9-7(8)13-4-3-5(11)10(2)6(4)12;/h4H,3H2,1-2H3,(H-,8,9);/q-1;. The quantitative estimate of drug-likeness (QED) is 0.401. The number of amides is 2. The van der Waals surface area contributed by atoms with Gasteiger partial charge in [0.1, 0.15) is 0 Å². The van der Waals surface area contributed by atoms with Gasteiger partial charge in [0, 0.05) is 46.2 Å². The molecule has 0 saturated carbocycles. The number of amidine groups is 1. The second-order valence-electron chi connectivity index (χ2n) is 2.63. The maximum Gasteiger partial charge on any atom is 0.242 e. The average Bonchev–Trinajstić information content (AvgIpc) is 2.34. The molecule has 1 aliphatic heterocycles. The van der Waals surface area contributed by atoms with Gasteiger partial charge < -0.3 is 10.7 Å². The number of thioether (sulfide) groups is 1. The number of nitrogens with zero attached hydrogens (tertiary/aromatic N) is 2. The van der Waals surface area contributed by atoms with Crippen molar-refractivity contribution in [1.29, 1.82) is 0 Å². The topological polar surface area (TPSA) is 73.5 Å². The molecule has 0 aromatic rings. The molecule has 0 aliphatic carbocycles. The van der Waals surface area contributed by atoms with Gasteiger partial charge in [0.2, 0.25) is 11.8 Å². The first-order chi connectivity index (χ1) is 6.06. The summed E-state index contributed by atoms with van der Waals surface area (Å²) in [7, 11) is 2.94. The third kappa shape index (κ3) is 3.03. The number of imide groups is 1. The van der Waals surface area contributed by atoms with Crippen LogP contribution in [0.3, 0.4) is 0 Å². The molecule has 7 heteroatoms. The van der Waals surface area contributed by atoms with E-state index in [1.807, 2.05) is 0 Å². The molecular formula is C7H10N3O2SY-. The number of hydrogen-bond acceptors (Lipinski definition) is 4. The van der Waals surface area contributed by atoms with Crippen molar-refractivity contribution in [2.75, 3.05) is 14.1 Å². The summed E-state index contributed by atoms with van der Waals surface area (Å²) in [6.45, 7) is 0. The van der Waals surface area contributed by atoms with Crippen molar-refractivity contribution in [1.82, 2.24) is 4.90 Å². The van der Waals surface area contributed by atoms with Crippen molar-refractivity contribution in [3.05, 3.63) is 5.73 Å². The van der Waals surface area contributed by atoms with E-state index in [1.165, 1.54) is 14.1 Å². The van der Waals surface area contributed by atoms with Crippen LogP contribution in [0.4, 0.5) is 0 Å². The van der Waals surface area contributed by atoms with Gasteiger partial charge in [-0.25, -0.2) is 0 Å². The fraction of sp³-hybridized carbons (Fsp3) is 0.571. The SMILES string of the molecule is CN=C([NH-])SC1CC(=O)N(C)C1=O.[Y]. The van der Waals surface area contributed by atoms with Crippen molar-refractivity contribution in [2.45, 2.75) is 11.7 Å². The summed E-state index contributed by atoms with van der Waals surface area (Å²) < 4.78 is 0. The summed E-state index contributed by atoms with van der Waals surface area (Å²) in [5.41, 5.74) is 7.24. The Morgan fingerprint density at radius 1 is 1.64 bits per heavy atom. The number of likely N-dealkylation sites (tertiary alicyclic amines) is 1. The number of aliphatic imine (C=N–C) groups is 1. The first-order valence-corrected chi connectivity index (χ1v) is 4.59. The molecule has 0 aromatic carbocycles. The van der Waals surface area contributed by atoms with Crippen molar-refractivity contribution >= 4 is 28.7 Å². The molecule has 1 saturated heterocycles. The van der Waals surface area contributed by atoms with Gasteiger partial charge in [-0.15, -0.1) is 11.8 Å². The van der Waals surface area contributed by atoms with E-state index in [1.54, 1.807) is 0 Å². The number of carbonyl (C=O) groups is 2. The first-order valence-electron chi connectivity index (χ1n) is 3.71. The number of carbonyl (C=O) groups excluding carboxylic acids is 2. The largest absolute Gasteiger partial charge is 0.477 e. The molecule has 0 bridgehead atoms. The Morgan fingerprint density at radius 3 is 2.57 bits per heavy atom. The Hall–Kier alpha value is 0.0639. The van der Waals surface area contributed by atoms with Gasteiger partial charge in [0.15, 0.2) is 0 Å². The van der Waals surface area contributed by atoms with Crippen LogP contribution < -0.4 is 0 Å². The number of rotatable bonds is 1. The minimum atomic E-state index is -0.450. The van der Waals surface area contributed by atoms with E-state index in [-0.39, 0.29) is 56.1 Å². The molecule has 75 valence electrons. The van der Waals surface area contributed by atoms with Crippen LogP contribution in [-0.2, 0) is 42.3 Å². The van der Waals surface area contributed by atoms with E-state index >= 15 is 0 Å². The van der Waals surface area contributed by atoms with Crippen LogP contribution in [0.5, 0.6) is 0 Å². The molecule has 14 heavy (non-hydrogen) atoms. The zero-order valence-electron chi connectivity index (χ0n) is 7.98. The van der Waals surface area contributed by atoms with Crippen molar-refractivity contribution in [3.63, 3.8) is 0 Å². The van der Waals surface area contributed by atoms with Gasteiger partial charge in [0.25, 0.3) is 0 Å². The van der Waals surface area contributed by atoms with Crippen LogP contribution in [0, 0.1) is 0 Å². The van der Waals surface area contributed by atoms with Crippen LogP contribution in [0.2, 0.25) is 0 Å². The molecule has 1 atom stereocenters. The smallest absolute Gasteiger partial charge is 0.242 e. The van der Waals surface area contributed by atoms with Gasteiger partial charge in [-0.1, -0.05) is 7.05 Å². The summed E-state index contributed by atoms with van der Waals surface area (Å²) in [5.74, 6) is -0.421. The molecule has 1 fully saturated rings. The minimum Gasteiger partial charge on any atom is -0.477 e. The van der Waals surface area contributed by atoms with E-state index in [0.29, 0.717) is 0 Å². The van der Waals surface area contributed by atoms with Crippen molar-refractivity contribution < 1.29 is 42.3 Å². The fourth-order valence-electron chi connectivity index (χ4n) is 1.00. The number of hydrogen-bond donors (Lipinski definition) is 0. The second kappa shape index (κ2) is 5.83. The van der Waals surface area contributed by atoms with Gasteiger partial charge in [0.05, 0.1) is 5.25 Å². The monoisotopic (exact) mass is 289 g/mol. The Morgan fingerprint density at radius 2 is 2.21 bits per heavy atom. The van der Waals surface area contributed by atoms with Crippen LogP contribution in [0.15, 0.2) is 4.99 Å². The van der Waals surface area contributed by atoms with E-state index in [2.05, 4.69) is 4.99 Å². The molecule has 1 radical (unpaired) electrons. The minimum absolute atomic E-state index is 0. The fourth-order valence-corrected chi connectivity index (χ4v) is 1.86. The molecule has 1 unspecified atom stereocenters. The third-order valence-electron chi connectivity index (χ3n) is 1.80. The molecule has 2 amide bonds. The van der Waals surface area contributed by atoms with Crippen LogP contribution in [0.1, 0.15) is 6.42 Å². The summed E-state index contributed by atoms with van der Waals surface area (Å²) in [6.07, 6.45) is 0.178. The Labute approximate surface area is 112 Å². The number of nitrogens with one attached hydrogen (secondary N) is 1. The summed E-state index contributed by atoms with van der Waals surface area (Å²) in [4.78, 5) is 27.1. The van der Waals surface area contributed by atoms with Gasteiger partial charge >= 0.3 is 0 Å². The molecule has 5 nitrogen and oxygen atoms in total. The molecule has 1 rings (SSSR count). The maximum atomic E-state index is 11.3. The van der Waals surface area contributed by atoms with E-state index < -0.39 is 5.25 Å². The maximum absolute atomic E-state index is 11.3. The van der Waals surface area contributed by atoms with E-state index in [9.17, 15) is 9.59 Å². The molecule has 1 heterocycles. The van der Waals surface area contributed by atoms with E-state index in [0.717, 1.165) is 16.7 Å². The van der Waals surface area contributed by atoms with Crippen molar-refractivity contribution in [2.24, 2.45) is 4.99 Å². The van der Waals surface area contributed by atoms with Crippen LogP contribution >= 0.6 is 11.8 Å². The van der Waals surface area contributed by atoms with E-state index in [4.69, 9.17) is 5.73 Å².